The highest BCUT2D eigenvalue weighted by molar-refractivity contribution is 6.40. The number of carbonyl (C=O) groups is 3. The van der Waals surface area contributed by atoms with Crippen molar-refractivity contribution in [3.8, 4) is 0 Å². The van der Waals surface area contributed by atoms with E-state index in [4.69, 9.17) is 23.2 Å². The Morgan fingerprint density at radius 2 is 1.62 bits per heavy atom. The van der Waals surface area contributed by atoms with Crippen molar-refractivity contribution in [3.05, 3.63) is 104 Å². The van der Waals surface area contributed by atoms with Gasteiger partial charge >= 0.3 is 6.03 Å². The van der Waals surface area contributed by atoms with E-state index in [-0.39, 0.29) is 5.57 Å². The zero-order valence-electron chi connectivity index (χ0n) is 18.9. The van der Waals surface area contributed by atoms with Gasteiger partial charge in [-0.3, -0.25) is 14.9 Å². The SMILES string of the molecule is Cc1cc(C)cc(Cc2ccc(Cl)cc2/C=C2\C(=O)NC(=O)N(c3cccc(Cl)c3C)C2=O)c1. The number of nitrogens with zero attached hydrogens (tertiary/aromatic N) is 1. The first-order valence-corrected chi connectivity index (χ1v) is 11.4. The Bertz CT molecular complexity index is 1360. The van der Waals surface area contributed by atoms with Gasteiger partial charge in [-0.1, -0.05) is 64.7 Å². The summed E-state index contributed by atoms with van der Waals surface area (Å²) >= 11 is 12.4. The molecular formula is C27H22Cl2N2O3. The number of hydrogen-bond acceptors (Lipinski definition) is 3. The van der Waals surface area contributed by atoms with Crippen molar-refractivity contribution < 1.29 is 14.4 Å². The molecule has 0 atom stereocenters. The third-order valence-electron chi connectivity index (χ3n) is 5.67. The maximum absolute atomic E-state index is 13.4. The molecule has 0 unspecified atom stereocenters. The van der Waals surface area contributed by atoms with Crippen LogP contribution < -0.4 is 10.2 Å². The highest BCUT2D eigenvalue weighted by Gasteiger charge is 2.37. The predicted octanol–water partition coefficient (Wildman–Crippen LogP) is 6.18. The van der Waals surface area contributed by atoms with Crippen LogP contribution in [0.25, 0.3) is 6.08 Å². The summed E-state index contributed by atoms with van der Waals surface area (Å²) in [5, 5.41) is 3.14. The minimum Gasteiger partial charge on any atom is -0.273 e. The molecule has 1 N–H and O–H groups in total. The Hall–Kier alpha value is -3.41. The van der Waals surface area contributed by atoms with E-state index in [1.54, 1.807) is 37.3 Å². The number of hydrogen-bond donors (Lipinski definition) is 1. The highest BCUT2D eigenvalue weighted by Crippen LogP contribution is 2.30. The van der Waals surface area contributed by atoms with Gasteiger partial charge in [-0.05, 0) is 79.8 Å². The third-order valence-corrected chi connectivity index (χ3v) is 6.31. The summed E-state index contributed by atoms with van der Waals surface area (Å²) in [6.45, 7) is 5.78. The number of benzene rings is 3. The largest absolute Gasteiger partial charge is 0.335 e. The number of carbonyl (C=O) groups excluding carboxylic acids is 3. The molecule has 4 amide bonds. The van der Waals surface area contributed by atoms with Crippen molar-refractivity contribution in [3.63, 3.8) is 0 Å². The fraction of sp³-hybridized carbons (Fsp3) is 0.148. The maximum Gasteiger partial charge on any atom is 0.335 e. The number of urea groups is 1. The Morgan fingerprint density at radius 1 is 0.912 bits per heavy atom. The molecule has 0 bridgehead atoms. The second kappa shape index (κ2) is 9.45. The van der Waals surface area contributed by atoms with Crippen molar-refractivity contribution >= 4 is 52.8 Å². The standard InChI is InChI=1S/C27H22Cl2N2O3/c1-15-9-16(2)11-18(10-15)12-19-7-8-21(28)13-20(19)14-22-25(32)30-27(34)31(26(22)33)24-6-4-5-23(29)17(24)3/h4-11,13-14H,12H2,1-3H3,(H,30,32,34)/b22-14+. The first kappa shape index (κ1) is 23.7. The second-order valence-corrected chi connectivity index (χ2v) is 9.20. The number of amides is 4. The Morgan fingerprint density at radius 3 is 2.32 bits per heavy atom. The summed E-state index contributed by atoms with van der Waals surface area (Å²) < 4.78 is 0. The van der Waals surface area contributed by atoms with Gasteiger partial charge in [-0.15, -0.1) is 0 Å². The average molecular weight is 493 g/mol. The minimum atomic E-state index is -0.820. The molecule has 4 rings (SSSR count). The van der Waals surface area contributed by atoms with Crippen molar-refractivity contribution in [2.24, 2.45) is 0 Å². The Kier molecular flexibility index (Phi) is 6.60. The minimum absolute atomic E-state index is 0.164. The van der Waals surface area contributed by atoms with E-state index >= 15 is 0 Å². The van der Waals surface area contributed by atoms with Crippen LogP contribution in [0, 0.1) is 20.8 Å². The summed E-state index contributed by atoms with van der Waals surface area (Å²) in [5.74, 6) is -1.49. The molecule has 0 spiro atoms. The maximum atomic E-state index is 13.4. The van der Waals surface area contributed by atoms with Gasteiger partial charge < -0.3 is 0 Å². The van der Waals surface area contributed by atoms with Crippen LogP contribution in [0.5, 0.6) is 0 Å². The van der Waals surface area contributed by atoms with Crippen LogP contribution in [0.15, 0.2) is 60.2 Å². The zero-order valence-corrected chi connectivity index (χ0v) is 20.4. The van der Waals surface area contributed by atoms with Gasteiger partial charge in [0, 0.05) is 10.0 Å². The lowest BCUT2D eigenvalue weighted by atomic mass is 9.95. The predicted molar refractivity (Wildman–Crippen MR) is 135 cm³/mol. The Balaban J connectivity index is 1.77. The molecule has 0 radical (unpaired) electrons. The van der Waals surface area contributed by atoms with Crippen molar-refractivity contribution in [2.45, 2.75) is 27.2 Å². The quantitative estimate of drug-likeness (QED) is 0.349. The van der Waals surface area contributed by atoms with E-state index in [9.17, 15) is 14.4 Å². The van der Waals surface area contributed by atoms with Gasteiger partial charge in [0.15, 0.2) is 0 Å². The first-order chi connectivity index (χ1) is 16.1. The molecular weight excluding hydrogens is 471 g/mol. The third kappa shape index (κ3) is 4.76. The van der Waals surface area contributed by atoms with E-state index in [0.717, 1.165) is 27.2 Å². The van der Waals surface area contributed by atoms with Gasteiger partial charge in [0.1, 0.15) is 5.57 Å². The zero-order chi connectivity index (χ0) is 24.6. The molecule has 1 aliphatic heterocycles. The van der Waals surface area contributed by atoms with E-state index in [2.05, 4.69) is 23.5 Å². The summed E-state index contributed by atoms with van der Waals surface area (Å²) in [6, 6.07) is 15.7. The van der Waals surface area contributed by atoms with Crippen molar-refractivity contribution in [1.82, 2.24) is 5.32 Å². The van der Waals surface area contributed by atoms with Gasteiger partial charge in [0.05, 0.1) is 5.69 Å². The highest BCUT2D eigenvalue weighted by atomic mass is 35.5. The van der Waals surface area contributed by atoms with Crippen LogP contribution in [0.4, 0.5) is 10.5 Å². The number of halogens is 2. The molecule has 1 heterocycles. The summed E-state index contributed by atoms with van der Waals surface area (Å²) in [7, 11) is 0. The molecule has 0 saturated carbocycles. The molecule has 3 aromatic carbocycles. The lowest BCUT2D eigenvalue weighted by Crippen LogP contribution is -2.54. The summed E-state index contributed by atoms with van der Waals surface area (Å²) in [5.41, 5.74) is 5.63. The van der Waals surface area contributed by atoms with Gasteiger partial charge in [-0.2, -0.15) is 0 Å². The van der Waals surface area contributed by atoms with E-state index in [0.29, 0.717) is 33.3 Å². The number of imide groups is 2. The lowest BCUT2D eigenvalue weighted by Gasteiger charge is -2.28. The van der Waals surface area contributed by atoms with Crippen LogP contribution in [0.3, 0.4) is 0 Å². The van der Waals surface area contributed by atoms with E-state index < -0.39 is 17.8 Å². The molecule has 1 aliphatic rings. The molecule has 0 aromatic heterocycles. The van der Waals surface area contributed by atoms with Crippen LogP contribution in [0.1, 0.15) is 33.4 Å². The van der Waals surface area contributed by atoms with Crippen LogP contribution in [-0.4, -0.2) is 17.8 Å². The molecule has 0 aliphatic carbocycles. The monoisotopic (exact) mass is 492 g/mol. The average Bonchev–Trinajstić information content (AvgIpc) is 2.75. The van der Waals surface area contributed by atoms with Gasteiger partial charge in [0.25, 0.3) is 11.8 Å². The number of anilines is 1. The molecule has 5 nitrogen and oxygen atoms in total. The van der Waals surface area contributed by atoms with Crippen LogP contribution in [0.2, 0.25) is 10.0 Å². The number of rotatable bonds is 4. The summed E-state index contributed by atoms with van der Waals surface area (Å²) in [6.07, 6.45) is 2.07. The molecule has 1 saturated heterocycles. The number of barbiturate groups is 1. The lowest BCUT2D eigenvalue weighted by molar-refractivity contribution is -0.122. The van der Waals surface area contributed by atoms with Gasteiger partial charge in [-0.25, -0.2) is 9.69 Å². The van der Waals surface area contributed by atoms with Crippen LogP contribution >= 0.6 is 23.2 Å². The molecule has 34 heavy (non-hydrogen) atoms. The second-order valence-electron chi connectivity index (χ2n) is 8.36. The first-order valence-electron chi connectivity index (χ1n) is 10.7. The van der Waals surface area contributed by atoms with Gasteiger partial charge in [0.2, 0.25) is 0 Å². The fourth-order valence-corrected chi connectivity index (χ4v) is 4.47. The Labute approximate surface area is 208 Å². The summed E-state index contributed by atoms with van der Waals surface area (Å²) in [4.78, 5) is 39.6. The van der Waals surface area contributed by atoms with E-state index in [1.165, 1.54) is 6.08 Å². The molecule has 172 valence electrons. The number of aryl methyl sites for hydroxylation is 2. The normalized spacial score (nSPS) is 15.1. The molecule has 7 heteroatoms. The number of nitrogens with one attached hydrogen (secondary N) is 1. The van der Waals surface area contributed by atoms with Crippen LogP contribution in [-0.2, 0) is 16.0 Å². The topological polar surface area (TPSA) is 66.5 Å². The molecule has 3 aromatic rings. The van der Waals surface area contributed by atoms with Crippen molar-refractivity contribution in [1.29, 1.82) is 0 Å². The molecule has 1 fully saturated rings. The van der Waals surface area contributed by atoms with Crippen molar-refractivity contribution in [2.75, 3.05) is 4.90 Å². The fourth-order valence-electron chi connectivity index (χ4n) is 4.12. The van der Waals surface area contributed by atoms with E-state index in [1.807, 2.05) is 19.9 Å². The smallest absolute Gasteiger partial charge is 0.273 e.